The maximum Gasteiger partial charge on any atom is 0.407 e. The molecular weight excluding hydrogens is 507 g/mol. The van der Waals surface area contributed by atoms with Gasteiger partial charge in [-0.15, -0.1) is 24.0 Å². The van der Waals surface area contributed by atoms with E-state index in [9.17, 15) is 4.79 Å². The van der Waals surface area contributed by atoms with E-state index >= 15 is 0 Å². The van der Waals surface area contributed by atoms with E-state index in [4.69, 9.17) is 9.73 Å². The number of likely N-dealkylation sites (tertiary alicyclic amines) is 1. The lowest BCUT2D eigenvalue weighted by Crippen LogP contribution is -2.50. The molecule has 3 unspecified atom stereocenters. The molecule has 1 saturated heterocycles. The van der Waals surface area contributed by atoms with Crippen LogP contribution in [0, 0.1) is 11.8 Å². The van der Waals surface area contributed by atoms with E-state index in [-0.39, 0.29) is 35.9 Å². The molecule has 1 aromatic heterocycles. The first kappa shape index (κ1) is 27.5. The second-order valence-electron chi connectivity index (χ2n) is 9.48. The molecule has 2 heterocycles. The zero-order valence-electron chi connectivity index (χ0n) is 20.1. The molecule has 1 fully saturated rings. The van der Waals surface area contributed by atoms with Crippen molar-refractivity contribution in [1.29, 1.82) is 0 Å². The minimum absolute atomic E-state index is 0. The van der Waals surface area contributed by atoms with Gasteiger partial charge in [-0.3, -0.25) is 4.99 Å². The summed E-state index contributed by atoms with van der Waals surface area (Å²) < 4.78 is 7.62. The predicted molar refractivity (Wildman–Crippen MR) is 136 cm³/mol. The summed E-state index contributed by atoms with van der Waals surface area (Å²) in [6, 6.07) is 0.271. The smallest absolute Gasteiger partial charge is 0.407 e. The SMILES string of the molecule is CCNC(=NCC(NC(=O)OC(C)(C)C)C(C)C)N1CCC(C)C(n2ccnc2)C1.I. The molecule has 0 aliphatic carbocycles. The van der Waals surface area contributed by atoms with Crippen molar-refractivity contribution in [2.24, 2.45) is 16.8 Å². The highest BCUT2D eigenvalue weighted by Crippen LogP contribution is 2.27. The number of amides is 1. The zero-order valence-corrected chi connectivity index (χ0v) is 22.4. The number of nitrogens with one attached hydrogen (secondary N) is 2. The Balaban J connectivity index is 0.00000480. The second kappa shape index (κ2) is 12.5. The van der Waals surface area contributed by atoms with Crippen LogP contribution in [0.25, 0.3) is 0 Å². The average molecular weight is 549 g/mol. The number of nitrogens with zero attached hydrogens (tertiary/aromatic N) is 4. The van der Waals surface area contributed by atoms with E-state index in [0.29, 0.717) is 18.5 Å². The number of hydrogen-bond donors (Lipinski definition) is 2. The molecule has 0 aromatic carbocycles. The first-order valence-electron chi connectivity index (χ1n) is 11.1. The van der Waals surface area contributed by atoms with E-state index in [1.807, 2.05) is 39.5 Å². The first-order valence-corrected chi connectivity index (χ1v) is 11.1. The lowest BCUT2D eigenvalue weighted by atomic mass is 9.93. The lowest BCUT2D eigenvalue weighted by Gasteiger charge is -2.39. The molecule has 31 heavy (non-hydrogen) atoms. The third-order valence-electron chi connectivity index (χ3n) is 5.41. The van der Waals surface area contributed by atoms with E-state index in [0.717, 1.165) is 32.0 Å². The number of ether oxygens (including phenoxy) is 1. The molecule has 1 aromatic rings. The molecule has 9 heteroatoms. The molecule has 1 amide bonds. The number of rotatable bonds is 6. The molecule has 2 N–H and O–H groups in total. The average Bonchev–Trinajstić information content (AvgIpc) is 3.17. The summed E-state index contributed by atoms with van der Waals surface area (Å²) in [4.78, 5) is 23.7. The third-order valence-corrected chi connectivity index (χ3v) is 5.41. The number of imidazole rings is 1. The van der Waals surface area contributed by atoms with Gasteiger partial charge in [0.2, 0.25) is 0 Å². The van der Waals surface area contributed by atoms with Crippen molar-refractivity contribution in [3.05, 3.63) is 18.7 Å². The van der Waals surface area contributed by atoms with Crippen LogP contribution in [0.15, 0.2) is 23.7 Å². The van der Waals surface area contributed by atoms with Crippen LogP contribution in [-0.4, -0.2) is 64.3 Å². The largest absolute Gasteiger partial charge is 0.444 e. The minimum Gasteiger partial charge on any atom is -0.444 e. The number of carbonyl (C=O) groups excluding carboxylic acids is 1. The monoisotopic (exact) mass is 548 g/mol. The Kier molecular flexibility index (Phi) is 11.1. The van der Waals surface area contributed by atoms with E-state index in [1.54, 1.807) is 0 Å². The van der Waals surface area contributed by atoms with Gasteiger partial charge in [0.05, 0.1) is 25.0 Å². The molecule has 2 rings (SSSR count). The molecule has 178 valence electrons. The summed E-state index contributed by atoms with van der Waals surface area (Å²) in [7, 11) is 0. The molecular formula is C22H41IN6O2. The Morgan fingerprint density at radius 2 is 2.06 bits per heavy atom. The summed E-state index contributed by atoms with van der Waals surface area (Å²) in [6.07, 6.45) is 6.47. The lowest BCUT2D eigenvalue weighted by molar-refractivity contribution is 0.0493. The normalized spacial score (nSPS) is 20.8. The van der Waals surface area contributed by atoms with Crippen molar-refractivity contribution in [3.8, 4) is 0 Å². The predicted octanol–water partition coefficient (Wildman–Crippen LogP) is 3.90. The maximum absolute atomic E-state index is 12.2. The van der Waals surface area contributed by atoms with Crippen LogP contribution in [-0.2, 0) is 4.74 Å². The van der Waals surface area contributed by atoms with Crippen LogP contribution in [0.3, 0.4) is 0 Å². The van der Waals surface area contributed by atoms with Gasteiger partial charge in [0.1, 0.15) is 5.60 Å². The van der Waals surface area contributed by atoms with Gasteiger partial charge in [0, 0.05) is 32.0 Å². The summed E-state index contributed by atoms with van der Waals surface area (Å²) in [5.74, 6) is 1.71. The number of hydrogen-bond acceptors (Lipinski definition) is 4. The topological polar surface area (TPSA) is 83.8 Å². The fourth-order valence-electron chi connectivity index (χ4n) is 3.59. The van der Waals surface area contributed by atoms with Gasteiger partial charge in [0.15, 0.2) is 5.96 Å². The van der Waals surface area contributed by atoms with Gasteiger partial charge < -0.3 is 24.8 Å². The third kappa shape index (κ3) is 8.86. The van der Waals surface area contributed by atoms with Crippen molar-refractivity contribution in [1.82, 2.24) is 25.1 Å². The highest BCUT2D eigenvalue weighted by Gasteiger charge is 2.29. The summed E-state index contributed by atoms with van der Waals surface area (Å²) in [5.41, 5.74) is -0.517. The molecule has 0 radical (unpaired) electrons. The van der Waals surface area contributed by atoms with Gasteiger partial charge in [-0.25, -0.2) is 9.78 Å². The maximum atomic E-state index is 12.2. The van der Waals surface area contributed by atoms with Crippen LogP contribution < -0.4 is 10.6 Å². The minimum atomic E-state index is -0.517. The standard InChI is InChI=1S/C22H40N6O2.HI/c1-8-24-20(25-13-18(16(2)3)26-21(29)30-22(5,6)7)27-11-9-17(4)19(14-27)28-12-10-23-15-28;/h10,12,15-19H,8-9,11,13-14H2,1-7H3,(H,24,25)(H,26,29);1H. The molecule has 0 spiro atoms. The highest BCUT2D eigenvalue weighted by molar-refractivity contribution is 14.0. The summed E-state index contributed by atoms with van der Waals surface area (Å²) in [6.45, 7) is 17.3. The Hall–Kier alpha value is -1.52. The molecule has 0 saturated carbocycles. The van der Waals surface area contributed by atoms with Crippen molar-refractivity contribution < 1.29 is 9.53 Å². The Labute approximate surface area is 204 Å². The van der Waals surface area contributed by atoms with E-state index < -0.39 is 11.7 Å². The van der Waals surface area contributed by atoms with Crippen molar-refractivity contribution in [2.75, 3.05) is 26.2 Å². The molecule has 1 aliphatic heterocycles. The van der Waals surface area contributed by atoms with E-state index in [2.05, 4.69) is 52.8 Å². The van der Waals surface area contributed by atoms with Crippen LogP contribution in [0.2, 0.25) is 0 Å². The zero-order chi connectivity index (χ0) is 22.3. The fraction of sp³-hybridized carbons (Fsp3) is 0.773. The number of aliphatic imine (C=N–C) groups is 1. The van der Waals surface area contributed by atoms with Crippen molar-refractivity contribution >= 4 is 36.0 Å². The van der Waals surface area contributed by atoms with Crippen LogP contribution in [0.5, 0.6) is 0 Å². The van der Waals surface area contributed by atoms with Gasteiger partial charge in [-0.2, -0.15) is 0 Å². The highest BCUT2D eigenvalue weighted by atomic mass is 127. The Morgan fingerprint density at radius 3 is 2.61 bits per heavy atom. The second-order valence-corrected chi connectivity index (χ2v) is 9.48. The Bertz CT molecular complexity index is 687. The Morgan fingerprint density at radius 1 is 1.35 bits per heavy atom. The number of guanidine groups is 1. The van der Waals surface area contributed by atoms with Gasteiger partial charge in [-0.05, 0) is 46.0 Å². The number of alkyl carbamates (subject to hydrolysis) is 1. The quantitative estimate of drug-likeness (QED) is 0.320. The van der Waals surface area contributed by atoms with Crippen LogP contribution in [0.1, 0.15) is 60.9 Å². The van der Waals surface area contributed by atoms with E-state index in [1.165, 1.54) is 0 Å². The number of carbonyl (C=O) groups is 1. The number of halogens is 1. The molecule has 1 aliphatic rings. The van der Waals surface area contributed by atoms with Gasteiger partial charge in [-0.1, -0.05) is 20.8 Å². The first-order chi connectivity index (χ1) is 14.1. The summed E-state index contributed by atoms with van der Waals surface area (Å²) >= 11 is 0. The van der Waals surface area contributed by atoms with Crippen LogP contribution in [0.4, 0.5) is 4.79 Å². The molecule has 0 bridgehead atoms. The molecule has 8 nitrogen and oxygen atoms in total. The van der Waals surface area contributed by atoms with Crippen molar-refractivity contribution in [3.63, 3.8) is 0 Å². The van der Waals surface area contributed by atoms with Crippen LogP contribution >= 0.6 is 24.0 Å². The van der Waals surface area contributed by atoms with Gasteiger partial charge >= 0.3 is 6.09 Å². The van der Waals surface area contributed by atoms with Crippen molar-refractivity contribution in [2.45, 2.75) is 72.6 Å². The fourth-order valence-corrected chi connectivity index (χ4v) is 3.59. The number of aromatic nitrogens is 2. The summed E-state index contributed by atoms with van der Waals surface area (Å²) in [5, 5.41) is 6.41. The molecule has 3 atom stereocenters. The van der Waals surface area contributed by atoms with Gasteiger partial charge in [0.25, 0.3) is 0 Å². The number of piperidine rings is 1.